The number of ketones is 1. The van der Waals surface area contributed by atoms with E-state index in [-0.39, 0.29) is 5.78 Å². The molecule has 134 valence electrons. The quantitative estimate of drug-likeness (QED) is 0.664. The molecule has 0 bridgehead atoms. The maximum Gasteiger partial charge on any atom is 0.180 e. The first kappa shape index (κ1) is 17.6. The summed E-state index contributed by atoms with van der Waals surface area (Å²) in [6, 6.07) is 18.0. The molecule has 0 saturated carbocycles. The van der Waals surface area contributed by atoms with E-state index >= 15 is 0 Å². The number of thiophene rings is 2. The van der Waals surface area contributed by atoms with Crippen LogP contribution in [0.5, 0.6) is 0 Å². The van der Waals surface area contributed by atoms with E-state index in [0.29, 0.717) is 13.0 Å². The first-order valence-electron chi connectivity index (χ1n) is 8.77. The summed E-state index contributed by atoms with van der Waals surface area (Å²) in [4.78, 5) is 17.1. The van der Waals surface area contributed by atoms with E-state index in [1.165, 1.54) is 28.2 Å². The van der Waals surface area contributed by atoms with Gasteiger partial charge in [-0.05, 0) is 34.9 Å². The fourth-order valence-electron chi connectivity index (χ4n) is 3.70. The van der Waals surface area contributed by atoms with Gasteiger partial charge in [0.2, 0.25) is 0 Å². The van der Waals surface area contributed by atoms with Crippen LogP contribution < -0.4 is 0 Å². The van der Waals surface area contributed by atoms with Gasteiger partial charge in [0.05, 0.1) is 10.8 Å². The van der Waals surface area contributed by atoms with E-state index < -0.39 is 11.5 Å². The molecule has 0 unspecified atom stereocenters. The molecular formula is C21H21NO2S2. The van der Waals surface area contributed by atoms with Crippen LogP contribution in [-0.2, 0) is 12.1 Å². The molecule has 2 atom stereocenters. The van der Waals surface area contributed by atoms with Crippen molar-refractivity contribution in [2.75, 3.05) is 13.1 Å². The maximum absolute atomic E-state index is 13.2. The second-order valence-electron chi connectivity index (χ2n) is 6.77. The van der Waals surface area contributed by atoms with Crippen LogP contribution in [0.25, 0.3) is 0 Å². The average Bonchev–Trinajstić information content (AvgIpc) is 3.38. The standard InChI is InChI=1S/C21H21NO2S2/c23-20(18-8-4-12-25-18)17-15-22(14-16-6-2-1-3-7-16)11-10-21(17,24)19-9-5-13-26-19/h1-9,12-13,17,24H,10-11,14-15H2/t17-,21+/m1/s1. The molecule has 0 radical (unpaired) electrons. The summed E-state index contributed by atoms with van der Waals surface area (Å²) in [6.45, 7) is 2.15. The molecule has 0 spiro atoms. The second kappa shape index (κ2) is 7.45. The Morgan fingerprint density at radius 1 is 1.08 bits per heavy atom. The Kier molecular flexibility index (Phi) is 5.05. The highest BCUT2D eigenvalue weighted by Gasteiger charge is 2.47. The van der Waals surface area contributed by atoms with Crippen LogP contribution in [0, 0.1) is 5.92 Å². The number of nitrogens with zero attached hydrogens (tertiary/aromatic N) is 1. The van der Waals surface area contributed by atoms with Gasteiger partial charge in [-0.3, -0.25) is 9.69 Å². The number of piperidine rings is 1. The van der Waals surface area contributed by atoms with Crippen LogP contribution in [0.3, 0.4) is 0 Å². The Hall–Kier alpha value is -1.79. The van der Waals surface area contributed by atoms with Crippen molar-refractivity contribution in [3.05, 3.63) is 80.7 Å². The molecular weight excluding hydrogens is 362 g/mol. The Labute approximate surface area is 161 Å². The first-order chi connectivity index (χ1) is 12.7. The highest BCUT2D eigenvalue weighted by atomic mass is 32.1. The van der Waals surface area contributed by atoms with Crippen molar-refractivity contribution in [1.29, 1.82) is 0 Å². The van der Waals surface area contributed by atoms with Gasteiger partial charge in [-0.1, -0.05) is 42.5 Å². The van der Waals surface area contributed by atoms with Gasteiger partial charge in [-0.2, -0.15) is 0 Å². The zero-order chi connectivity index (χ0) is 18.0. The van der Waals surface area contributed by atoms with Crippen molar-refractivity contribution in [3.8, 4) is 0 Å². The summed E-state index contributed by atoms with van der Waals surface area (Å²) in [6.07, 6.45) is 0.572. The first-order valence-corrected chi connectivity index (χ1v) is 10.5. The number of rotatable bonds is 5. The van der Waals surface area contributed by atoms with Gasteiger partial charge < -0.3 is 5.11 Å². The third kappa shape index (κ3) is 3.40. The van der Waals surface area contributed by atoms with E-state index in [9.17, 15) is 9.90 Å². The van der Waals surface area contributed by atoms with Gasteiger partial charge in [0.15, 0.2) is 5.78 Å². The minimum Gasteiger partial charge on any atom is -0.383 e. The summed E-state index contributed by atoms with van der Waals surface area (Å²) >= 11 is 2.99. The lowest BCUT2D eigenvalue weighted by Crippen LogP contribution is -2.52. The van der Waals surface area contributed by atoms with Crippen LogP contribution >= 0.6 is 22.7 Å². The van der Waals surface area contributed by atoms with Gasteiger partial charge in [0.25, 0.3) is 0 Å². The van der Waals surface area contributed by atoms with E-state index in [0.717, 1.165) is 22.8 Å². The molecule has 3 aromatic rings. The van der Waals surface area contributed by atoms with Gasteiger partial charge in [-0.25, -0.2) is 0 Å². The summed E-state index contributed by atoms with van der Waals surface area (Å²) in [5.41, 5.74) is 0.152. The predicted octanol–water partition coefficient (Wildman–Crippen LogP) is 4.40. The van der Waals surface area contributed by atoms with Crippen LogP contribution in [-0.4, -0.2) is 28.9 Å². The second-order valence-corrected chi connectivity index (χ2v) is 8.66. The van der Waals surface area contributed by atoms with Crippen molar-refractivity contribution in [3.63, 3.8) is 0 Å². The molecule has 1 N–H and O–H groups in total. The van der Waals surface area contributed by atoms with Gasteiger partial charge >= 0.3 is 0 Å². The zero-order valence-corrected chi connectivity index (χ0v) is 16.0. The van der Waals surface area contributed by atoms with Crippen molar-refractivity contribution in [2.45, 2.75) is 18.6 Å². The molecule has 5 heteroatoms. The highest BCUT2D eigenvalue weighted by molar-refractivity contribution is 7.12. The number of hydrogen-bond acceptors (Lipinski definition) is 5. The number of benzene rings is 1. The monoisotopic (exact) mass is 383 g/mol. The highest BCUT2D eigenvalue weighted by Crippen LogP contribution is 2.42. The van der Waals surface area contributed by atoms with Crippen LogP contribution in [0.15, 0.2) is 65.4 Å². The molecule has 2 aromatic heterocycles. The number of aliphatic hydroxyl groups is 1. The third-order valence-corrected chi connectivity index (χ3v) is 7.02. The zero-order valence-electron chi connectivity index (χ0n) is 14.4. The number of likely N-dealkylation sites (tertiary alicyclic amines) is 1. The molecule has 26 heavy (non-hydrogen) atoms. The molecule has 0 aliphatic carbocycles. The predicted molar refractivity (Wildman–Crippen MR) is 107 cm³/mol. The Morgan fingerprint density at radius 2 is 1.85 bits per heavy atom. The maximum atomic E-state index is 13.2. The smallest absolute Gasteiger partial charge is 0.180 e. The topological polar surface area (TPSA) is 40.5 Å². The van der Waals surface area contributed by atoms with Crippen LogP contribution in [0.2, 0.25) is 0 Å². The molecule has 4 rings (SSSR count). The van der Waals surface area contributed by atoms with Gasteiger partial charge in [0.1, 0.15) is 5.60 Å². The summed E-state index contributed by atoms with van der Waals surface area (Å²) in [5, 5.41) is 15.4. The fourth-order valence-corrected chi connectivity index (χ4v) is 5.33. The minimum absolute atomic E-state index is 0.0497. The van der Waals surface area contributed by atoms with Gasteiger partial charge in [0, 0.05) is 24.5 Å². The van der Waals surface area contributed by atoms with Crippen molar-refractivity contribution in [2.24, 2.45) is 5.92 Å². The lowest BCUT2D eigenvalue weighted by atomic mass is 9.76. The normalized spacial score (nSPS) is 23.8. The molecule has 3 heterocycles. The van der Waals surface area contributed by atoms with E-state index in [4.69, 9.17) is 0 Å². The van der Waals surface area contributed by atoms with Gasteiger partial charge in [-0.15, -0.1) is 22.7 Å². The van der Waals surface area contributed by atoms with Crippen molar-refractivity contribution in [1.82, 2.24) is 4.90 Å². The summed E-state index contributed by atoms with van der Waals surface area (Å²) < 4.78 is 0. The summed E-state index contributed by atoms with van der Waals surface area (Å²) in [7, 11) is 0. The molecule has 1 aromatic carbocycles. The Balaban J connectivity index is 1.62. The Bertz CT molecular complexity index is 846. The number of carbonyl (C=O) groups is 1. The molecule has 1 saturated heterocycles. The van der Waals surface area contributed by atoms with E-state index in [2.05, 4.69) is 17.0 Å². The number of Topliss-reactive ketones (excluding diaryl/α,β-unsaturated/α-hetero) is 1. The average molecular weight is 384 g/mol. The number of carbonyl (C=O) groups excluding carboxylic acids is 1. The van der Waals surface area contributed by atoms with Crippen molar-refractivity contribution >= 4 is 28.5 Å². The Morgan fingerprint density at radius 3 is 2.54 bits per heavy atom. The fraction of sp³-hybridized carbons (Fsp3) is 0.286. The molecule has 3 nitrogen and oxygen atoms in total. The number of hydrogen-bond donors (Lipinski definition) is 1. The van der Waals surface area contributed by atoms with Crippen LogP contribution in [0.1, 0.15) is 26.5 Å². The molecule has 1 aliphatic heterocycles. The van der Waals surface area contributed by atoms with E-state index in [1.807, 2.05) is 53.2 Å². The summed E-state index contributed by atoms with van der Waals surface area (Å²) in [5.74, 6) is -0.397. The molecule has 1 aliphatic rings. The largest absolute Gasteiger partial charge is 0.383 e. The molecule has 1 fully saturated rings. The van der Waals surface area contributed by atoms with Crippen molar-refractivity contribution < 1.29 is 9.90 Å². The lowest BCUT2D eigenvalue weighted by Gasteiger charge is -2.43. The van der Waals surface area contributed by atoms with E-state index in [1.54, 1.807) is 0 Å². The minimum atomic E-state index is -1.08. The third-order valence-electron chi connectivity index (χ3n) is 5.10. The molecule has 0 amide bonds. The lowest BCUT2D eigenvalue weighted by molar-refractivity contribution is -0.0631. The SMILES string of the molecule is O=C(c1cccs1)[C@H]1CN(Cc2ccccc2)CC[C@@]1(O)c1cccs1. The van der Waals surface area contributed by atoms with Crippen LogP contribution in [0.4, 0.5) is 0 Å².